The van der Waals surface area contributed by atoms with E-state index in [1.54, 1.807) is 11.0 Å². The minimum Gasteiger partial charge on any atom is -0.445 e. The van der Waals surface area contributed by atoms with Gasteiger partial charge in [0, 0.05) is 31.4 Å². The number of rotatable bonds is 8. The molecule has 190 valence electrons. The van der Waals surface area contributed by atoms with Crippen molar-refractivity contribution >= 4 is 17.6 Å². The van der Waals surface area contributed by atoms with Gasteiger partial charge in [-0.05, 0) is 60.7 Å². The second kappa shape index (κ2) is 12.2. The Bertz CT molecular complexity index is 1250. The summed E-state index contributed by atoms with van der Waals surface area (Å²) in [6.45, 7) is 3.57. The molecule has 0 spiro atoms. The van der Waals surface area contributed by atoms with Gasteiger partial charge in [0.05, 0.1) is 17.7 Å². The van der Waals surface area contributed by atoms with Crippen molar-refractivity contribution in [1.82, 2.24) is 4.90 Å². The lowest BCUT2D eigenvalue weighted by atomic mass is 9.99. The third-order valence-electron chi connectivity index (χ3n) is 6.80. The predicted octanol–water partition coefficient (Wildman–Crippen LogP) is 4.95. The van der Waals surface area contributed by atoms with E-state index in [2.05, 4.69) is 11.0 Å². The van der Waals surface area contributed by atoms with Gasteiger partial charge < -0.3 is 20.3 Å². The predicted molar refractivity (Wildman–Crippen MR) is 143 cm³/mol. The van der Waals surface area contributed by atoms with Crippen molar-refractivity contribution in [2.24, 2.45) is 5.73 Å². The minimum absolute atomic E-state index is 0.0792. The second-order valence-electron chi connectivity index (χ2n) is 9.38. The summed E-state index contributed by atoms with van der Waals surface area (Å²) < 4.78 is 5.53. The largest absolute Gasteiger partial charge is 0.445 e. The van der Waals surface area contributed by atoms with Crippen LogP contribution >= 0.6 is 0 Å². The number of hydrogen-bond donors (Lipinski definition) is 1. The topological polar surface area (TPSA) is 99.7 Å². The molecule has 37 heavy (non-hydrogen) atoms. The maximum Gasteiger partial charge on any atom is 0.410 e. The van der Waals surface area contributed by atoms with Crippen molar-refractivity contribution in [2.75, 3.05) is 18.0 Å². The number of nitriles is 1. The zero-order valence-corrected chi connectivity index (χ0v) is 21.0. The Kier molecular flexibility index (Phi) is 8.55. The smallest absolute Gasteiger partial charge is 0.410 e. The van der Waals surface area contributed by atoms with Crippen LogP contribution in [-0.2, 0) is 22.7 Å². The van der Waals surface area contributed by atoms with Crippen LogP contribution < -0.4 is 10.6 Å². The van der Waals surface area contributed by atoms with Crippen molar-refractivity contribution < 1.29 is 14.3 Å². The van der Waals surface area contributed by atoms with E-state index in [-0.39, 0.29) is 24.5 Å². The Balaban J connectivity index is 1.46. The summed E-state index contributed by atoms with van der Waals surface area (Å²) in [5.41, 5.74) is 10.4. The first-order valence-electron chi connectivity index (χ1n) is 12.5. The molecule has 0 saturated carbocycles. The second-order valence-corrected chi connectivity index (χ2v) is 9.38. The van der Waals surface area contributed by atoms with Gasteiger partial charge in [-0.2, -0.15) is 5.26 Å². The van der Waals surface area contributed by atoms with Gasteiger partial charge in [-0.3, -0.25) is 4.79 Å². The van der Waals surface area contributed by atoms with E-state index in [1.807, 2.05) is 72.8 Å². The summed E-state index contributed by atoms with van der Waals surface area (Å²) in [7, 11) is 0. The molecule has 1 atom stereocenters. The number of likely N-dealkylation sites (tertiary alicyclic amines) is 1. The molecule has 1 saturated heterocycles. The molecule has 7 heteroatoms. The van der Waals surface area contributed by atoms with Crippen molar-refractivity contribution in [3.63, 3.8) is 0 Å². The molecule has 4 rings (SSSR count). The zero-order chi connectivity index (χ0) is 26.2. The maximum absolute atomic E-state index is 12.7. The Morgan fingerprint density at radius 1 is 1.03 bits per heavy atom. The van der Waals surface area contributed by atoms with Gasteiger partial charge in [-0.15, -0.1) is 0 Å². The Morgan fingerprint density at radius 2 is 1.70 bits per heavy atom. The van der Waals surface area contributed by atoms with Crippen LogP contribution in [0.1, 0.15) is 48.1 Å². The van der Waals surface area contributed by atoms with E-state index < -0.39 is 6.04 Å². The first-order valence-corrected chi connectivity index (χ1v) is 12.5. The number of nitrogens with two attached hydrogens (primary N) is 1. The van der Waals surface area contributed by atoms with Crippen LogP contribution in [0.25, 0.3) is 0 Å². The number of Topliss-reactive ketones (excluding diaryl/α,β-unsaturated/α-hetero) is 1. The highest BCUT2D eigenvalue weighted by molar-refractivity contribution is 5.82. The van der Waals surface area contributed by atoms with E-state index in [9.17, 15) is 14.9 Å². The quantitative estimate of drug-likeness (QED) is 0.473. The molecular weight excluding hydrogens is 464 g/mol. The minimum atomic E-state index is -0.639. The molecule has 0 radical (unpaired) electrons. The molecule has 1 unspecified atom stereocenters. The number of hydrogen-bond acceptors (Lipinski definition) is 6. The van der Waals surface area contributed by atoms with E-state index in [0.29, 0.717) is 25.2 Å². The number of carbonyl (C=O) groups is 2. The fourth-order valence-corrected chi connectivity index (χ4v) is 4.65. The van der Waals surface area contributed by atoms with Gasteiger partial charge in [0.2, 0.25) is 0 Å². The van der Waals surface area contributed by atoms with E-state index in [4.69, 9.17) is 10.5 Å². The number of amides is 1. The lowest BCUT2D eigenvalue weighted by Crippen LogP contribution is -2.46. The Morgan fingerprint density at radius 3 is 2.35 bits per heavy atom. The van der Waals surface area contributed by atoms with Gasteiger partial charge in [-0.1, -0.05) is 54.6 Å². The van der Waals surface area contributed by atoms with Crippen LogP contribution in [0.2, 0.25) is 0 Å². The summed E-state index contributed by atoms with van der Waals surface area (Å²) in [6.07, 6.45) is 1.28. The molecular formula is C30H32N4O3. The number of ether oxygens (including phenoxy) is 1. The van der Waals surface area contributed by atoms with Crippen LogP contribution in [0.3, 0.4) is 0 Å². The molecule has 7 nitrogen and oxygen atoms in total. The molecule has 1 aliphatic heterocycles. The van der Waals surface area contributed by atoms with Crippen molar-refractivity contribution in [3.8, 4) is 6.07 Å². The van der Waals surface area contributed by atoms with Crippen LogP contribution in [0, 0.1) is 11.3 Å². The van der Waals surface area contributed by atoms with Crippen molar-refractivity contribution in [2.45, 2.75) is 45.0 Å². The third kappa shape index (κ3) is 6.75. The molecule has 0 bridgehead atoms. The molecule has 2 N–H and O–H groups in total. The highest BCUT2D eigenvalue weighted by Gasteiger charge is 2.28. The van der Waals surface area contributed by atoms with Gasteiger partial charge in [0.15, 0.2) is 5.78 Å². The summed E-state index contributed by atoms with van der Waals surface area (Å²) in [6, 6.07) is 26.8. The Hall–Kier alpha value is -4.15. The fourth-order valence-electron chi connectivity index (χ4n) is 4.65. The van der Waals surface area contributed by atoms with Crippen LogP contribution in [0.15, 0.2) is 78.9 Å². The average Bonchev–Trinajstić information content (AvgIpc) is 2.95. The zero-order valence-electron chi connectivity index (χ0n) is 21.0. The van der Waals surface area contributed by atoms with E-state index in [0.717, 1.165) is 35.2 Å². The van der Waals surface area contributed by atoms with Gasteiger partial charge in [-0.25, -0.2) is 4.79 Å². The van der Waals surface area contributed by atoms with Crippen molar-refractivity contribution in [3.05, 3.63) is 101 Å². The third-order valence-corrected chi connectivity index (χ3v) is 6.80. The van der Waals surface area contributed by atoms with Gasteiger partial charge >= 0.3 is 6.09 Å². The number of carbonyl (C=O) groups excluding carboxylic acids is 2. The monoisotopic (exact) mass is 496 g/mol. The first kappa shape index (κ1) is 25.9. The van der Waals surface area contributed by atoms with Gasteiger partial charge in [0.25, 0.3) is 0 Å². The molecule has 3 aromatic carbocycles. The summed E-state index contributed by atoms with van der Waals surface area (Å²) in [5.74, 6) is -0.0792. The Labute approximate surface area is 218 Å². The number of benzene rings is 3. The van der Waals surface area contributed by atoms with Crippen molar-refractivity contribution in [1.29, 1.82) is 5.26 Å². The molecule has 1 aliphatic rings. The lowest BCUT2D eigenvalue weighted by Gasteiger charge is -2.39. The standard InChI is InChI=1S/C30H32N4O3/c1-22(35)29(32)26-10-12-27(13-11-26)34(20-25-9-5-8-24(18-25)19-31)28-14-16-33(17-15-28)30(36)37-21-23-6-3-2-4-7-23/h2-13,18,28-29H,14-17,20-21,32H2,1H3. The SMILES string of the molecule is CC(=O)C(N)c1ccc(N(Cc2cccc(C#N)c2)C2CCN(C(=O)OCc3ccccc3)CC2)cc1. The number of ketones is 1. The van der Waals surface area contributed by atoms with Crippen LogP contribution in [0.4, 0.5) is 10.5 Å². The summed E-state index contributed by atoms with van der Waals surface area (Å²) >= 11 is 0. The van der Waals surface area contributed by atoms with Crippen LogP contribution in [-0.4, -0.2) is 35.9 Å². The molecule has 0 aromatic heterocycles. The van der Waals surface area contributed by atoms with E-state index in [1.165, 1.54) is 6.92 Å². The highest BCUT2D eigenvalue weighted by Crippen LogP contribution is 2.28. The summed E-state index contributed by atoms with van der Waals surface area (Å²) in [4.78, 5) is 28.5. The number of anilines is 1. The fraction of sp³-hybridized carbons (Fsp3) is 0.300. The summed E-state index contributed by atoms with van der Waals surface area (Å²) in [5, 5.41) is 9.33. The molecule has 1 heterocycles. The van der Waals surface area contributed by atoms with E-state index >= 15 is 0 Å². The highest BCUT2D eigenvalue weighted by atomic mass is 16.6. The normalized spacial score (nSPS) is 14.5. The van der Waals surface area contributed by atoms with Crippen LogP contribution in [0.5, 0.6) is 0 Å². The molecule has 3 aromatic rings. The maximum atomic E-state index is 12.7. The first-order chi connectivity index (χ1) is 17.9. The molecule has 1 fully saturated rings. The molecule has 1 amide bonds. The molecule has 0 aliphatic carbocycles. The van der Waals surface area contributed by atoms with Gasteiger partial charge in [0.1, 0.15) is 6.61 Å². The lowest BCUT2D eigenvalue weighted by molar-refractivity contribution is -0.118. The number of nitrogens with zero attached hydrogens (tertiary/aromatic N) is 3. The number of piperidine rings is 1. The average molecular weight is 497 g/mol.